The Hall–Kier alpha value is -1.60. The predicted molar refractivity (Wildman–Crippen MR) is 97.5 cm³/mol. The third kappa shape index (κ3) is 2.69. The summed E-state index contributed by atoms with van der Waals surface area (Å²) in [5, 5.41) is 0.897. The van der Waals surface area contributed by atoms with E-state index in [-0.39, 0.29) is 17.9 Å². The summed E-state index contributed by atoms with van der Waals surface area (Å²) >= 11 is 2.99. The molecule has 3 heterocycles. The van der Waals surface area contributed by atoms with Crippen LogP contribution in [0.4, 0.5) is 0 Å². The van der Waals surface area contributed by atoms with E-state index >= 15 is 0 Å². The normalized spacial score (nSPS) is 21.0. The molecule has 1 aromatic heterocycles. The Kier molecular flexibility index (Phi) is 4.22. The minimum atomic E-state index is -0.345. The molecule has 0 spiro atoms. The Bertz CT molecular complexity index is 798. The summed E-state index contributed by atoms with van der Waals surface area (Å²) in [6.45, 7) is 3.65. The standard InChI is InChI=1S/C17H19N3O2S2/c1-11-4-5-14-12(8-11)15(18-24-14)17(22)20-10-23-9-13(20)16(21)19-6-2-3-7-19/h4-5,8,13H,2-3,6-7,9-10H2,1H3. The van der Waals surface area contributed by atoms with Crippen molar-refractivity contribution >= 4 is 45.2 Å². The number of likely N-dealkylation sites (tertiary alicyclic amines) is 1. The molecule has 1 aromatic carbocycles. The Morgan fingerprint density at radius 3 is 2.83 bits per heavy atom. The van der Waals surface area contributed by atoms with Crippen molar-refractivity contribution in [2.24, 2.45) is 0 Å². The molecule has 0 N–H and O–H groups in total. The summed E-state index contributed by atoms with van der Waals surface area (Å²) in [5.74, 6) is 1.23. The first-order valence-electron chi connectivity index (χ1n) is 8.18. The number of aromatic nitrogens is 1. The van der Waals surface area contributed by atoms with Crippen molar-refractivity contribution in [2.45, 2.75) is 25.8 Å². The Balaban J connectivity index is 1.62. The van der Waals surface area contributed by atoms with Crippen LogP contribution in [-0.4, -0.2) is 56.7 Å². The van der Waals surface area contributed by atoms with Crippen LogP contribution >= 0.6 is 23.3 Å². The van der Waals surface area contributed by atoms with Gasteiger partial charge >= 0.3 is 0 Å². The lowest BCUT2D eigenvalue weighted by atomic mass is 10.1. The fourth-order valence-corrected chi connectivity index (χ4v) is 5.23. The summed E-state index contributed by atoms with van der Waals surface area (Å²) < 4.78 is 5.40. The van der Waals surface area contributed by atoms with Crippen molar-refractivity contribution in [3.63, 3.8) is 0 Å². The first-order chi connectivity index (χ1) is 11.6. The number of benzene rings is 1. The third-order valence-electron chi connectivity index (χ3n) is 4.67. The monoisotopic (exact) mass is 361 g/mol. The van der Waals surface area contributed by atoms with Gasteiger partial charge in [-0.15, -0.1) is 11.8 Å². The van der Waals surface area contributed by atoms with Gasteiger partial charge in [-0.1, -0.05) is 11.6 Å². The number of hydrogen-bond donors (Lipinski definition) is 0. The molecule has 1 atom stereocenters. The molecule has 2 aliphatic heterocycles. The summed E-state index contributed by atoms with van der Waals surface area (Å²) in [5.41, 5.74) is 1.60. The highest BCUT2D eigenvalue weighted by atomic mass is 32.2. The molecule has 0 aliphatic carbocycles. The van der Waals surface area contributed by atoms with Crippen LogP contribution in [-0.2, 0) is 4.79 Å². The van der Waals surface area contributed by atoms with Gasteiger partial charge in [-0.3, -0.25) is 9.59 Å². The molecule has 4 rings (SSSR count). The zero-order chi connectivity index (χ0) is 16.7. The quantitative estimate of drug-likeness (QED) is 0.825. The topological polar surface area (TPSA) is 53.5 Å². The van der Waals surface area contributed by atoms with Gasteiger partial charge in [0.15, 0.2) is 0 Å². The minimum absolute atomic E-state index is 0.0987. The highest BCUT2D eigenvalue weighted by Gasteiger charge is 2.39. The lowest BCUT2D eigenvalue weighted by Crippen LogP contribution is -2.48. The van der Waals surface area contributed by atoms with Crippen molar-refractivity contribution in [1.82, 2.24) is 14.2 Å². The fraction of sp³-hybridized carbons (Fsp3) is 0.471. The lowest BCUT2D eigenvalue weighted by molar-refractivity contribution is -0.133. The summed E-state index contributed by atoms with van der Waals surface area (Å²) in [6.07, 6.45) is 2.13. The molecule has 1 unspecified atom stereocenters. The average molecular weight is 361 g/mol. The van der Waals surface area contributed by atoms with Crippen LogP contribution in [0.25, 0.3) is 10.1 Å². The van der Waals surface area contributed by atoms with E-state index in [1.54, 1.807) is 16.7 Å². The molecule has 2 saturated heterocycles. The number of thioether (sulfide) groups is 1. The SMILES string of the molecule is Cc1ccc2snc(C(=O)N3CSCC3C(=O)N3CCCC3)c2c1. The zero-order valence-electron chi connectivity index (χ0n) is 13.5. The predicted octanol–water partition coefficient (Wildman–Crippen LogP) is 2.74. The van der Waals surface area contributed by atoms with E-state index in [2.05, 4.69) is 4.37 Å². The fourth-order valence-electron chi connectivity index (χ4n) is 3.34. The molecule has 0 bridgehead atoms. The van der Waals surface area contributed by atoms with Crippen LogP contribution in [0.15, 0.2) is 18.2 Å². The summed E-state index contributed by atoms with van der Waals surface area (Å²) in [7, 11) is 0. The lowest BCUT2D eigenvalue weighted by Gasteiger charge is -2.26. The molecular formula is C17H19N3O2S2. The summed E-state index contributed by atoms with van der Waals surface area (Å²) in [4.78, 5) is 29.4. The van der Waals surface area contributed by atoms with Crippen molar-refractivity contribution in [3.8, 4) is 0 Å². The largest absolute Gasteiger partial charge is 0.341 e. The highest BCUT2D eigenvalue weighted by Crippen LogP contribution is 2.29. The van der Waals surface area contributed by atoms with Gasteiger partial charge in [0.2, 0.25) is 5.91 Å². The molecule has 5 nitrogen and oxygen atoms in total. The van der Waals surface area contributed by atoms with Gasteiger partial charge in [0.25, 0.3) is 5.91 Å². The molecule has 2 fully saturated rings. The van der Waals surface area contributed by atoms with Gasteiger partial charge in [0.1, 0.15) is 11.7 Å². The van der Waals surface area contributed by atoms with Crippen molar-refractivity contribution in [2.75, 3.05) is 24.7 Å². The van der Waals surface area contributed by atoms with E-state index in [4.69, 9.17) is 0 Å². The molecule has 7 heteroatoms. The third-order valence-corrected chi connectivity index (χ3v) is 6.51. The molecular weight excluding hydrogens is 342 g/mol. The minimum Gasteiger partial charge on any atom is -0.341 e. The zero-order valence-corrected chi connectivity index (χ0v) is 15.2. The number of hydrogen-bond acceptors (Lipinski definition) is 5. The van der Waals surface area contributed by atoms with E-state index < -0.39 is 0 Å². The van der Waals surface area contributed by atoms with E-state index in [0.29, 0.717) is 17.3 Å². The Morgan fingerprint density at radius 2 is 2.04 bits per heavy atom. The van der Waals surface area contributed by atoms with Gasteiger partial charge in [-0.05, 0) is 43.4 Å². The second kappa shape index (κ2) is 6.37. The van der Waals surface area contributed by atoms with E-state index in [1.165, 1.54) is 11.5 Å². The molecule has 126 valence electrons. The number of carbonyl (C=O) groups excluding carboxylic acids is 2. The van der Waals surface area contributed by atoms with Crippen molar-refractivity contribution < 1.29 is 9.59 Å². The van der Waals surface area contributed by atoms with E-state index in [1.807, 2.05) is 30.0 Å². The van der Waals surface area contributed by atoms with Gasteiger partial charge in [0, 0.05) is 24.2 Å². The van der Waals surface area contributed by atoms with Crippen LogP contribution in [0.2, 0.25) is 0 Å². The van der Waals surface area contributed by atoms with Crippen LogP contribution in [0.3, 0.4) is 0 Å². The maximum absolute atomic E-state index is 13.0. The Morgan fingerprint density at radius 1 is 1.25 bits per heavy atom. The van der Waals surface area contributed by atoms with Crippen LogP contribution in [0.5, 0.6) is 0 Å². The van der Waals surface area contributed by atoms with Crippen molar-refractivity contribution in [1.29, 1.82) is 0 Å². The second-order valence-corrected chi connectivity index (χ2v) is 8.16. The van der Waals surface area contributed by atoms with Gasteiger partial charge in [-0.2, -0.15) is 4.37 Å². The maximum atomic E-state index is 13.0. The van der Waals surface area contributed by atoms with Gasteiger partial charge in [0.05, 0.1) is 10.6 Å². The Labute approximate surface area is 149 Å². The molecule has 24 heavy (non-hydrogen) atoms. The first-order valence-corrected chi connectivity index (χ1v) is 10.1. The number of nitrogens with zero attached hydrogens (tertiary/aromatic N) is 3. The number of fused-ring (bicyclic) bond motifs is 1. The van der Waals surface area contributed by atoms with Gasteiger partial charge in [-0.25, -0.2) is 0 Å². The first kappa shape index (κ1) is 15.9. The van der Waals surface area contributed by atoms with Crippen LogP contribution in [0, 0.1) is 6.92 Å². The molecule has 2 aliphatic rings. The van der Waals surface area contributed by atoms with E-state index in [0.717, 1.165) is 41.6 Å². The highest BCUT2D eigenvalue weighted by molar-refractivity contribution is 7.99. The van der Waals surface area contributed by atoms with Crippen LogP contribution in [0.1, 0.15) is 28.9 Å². The number of amides is 2. The molecule has 0 saturated carbocycles. The second-order valence-electron chi connectivity index (χ2n) is 6.35. The molecule has 2 amide bonds. The average Bonchev–Trinajstić information content (AvgIpc) is 3.32. The van der Waals surface area contributed by atoms with Gasteiger partial charge < -0.3 is 9.80 Å². The summed E-state index contributed by atoms with van der Waals surface area (Å²) in [6, 6.07) is 5.69. The smallest absolute Gasteiger partial charge is 0.275 e. The van der Waals surface area contributed by atoms with Crippen LogP contribution < -0.4 is 0 Å². The number of carbonyl (C=O) groups is 2. The molecule has 0 radical (unpaired) electrons. The van der Waals surface area contributed by atoms with Crippen molar-refractivity contribution in [3.05, 3.63) is 29.5 Å². The number of aryl methyl sites for hydroxylation is 1. The van der Waals surface area contributed by atoms with E-state index in [9.17, 15) is 9.59 Å². The molecule has 2 aromatic rings. The maximum Gasteiger partial charge on any atom is 0.275 e. The number of rotatable bonds is 2.